The summed E-state index contributed by atoms with van der Waals surface area (Å²) in [7, 11) is 11.7. The lowest BCUT2D eigenvalue weighted by Gasteiger charge is -2.17. The summed E-state index contributed by atoms with van der Waals surface area (Å²) in [6, 6.07) is 1.61. The monoisotopic (exact) mass is 605 g/mol. The third kappa shape index (κ3) is 23.7. The molecule has 0 aromatic heterocycles. The molecule has 4 aliphatic heterocycles. The molecule has 0 radical (unpaired) electrons. The van der Waals surface area contributed by atoms with Crippen LogP contribution in [0, 0.1) is 5.92 Å². The number of carbonyl (C=O) groups excluding carboxylic acids is 1. The van der Waals surface area contributed by atoms with Gasteiger partial charge in [0.1, 0.15) is 6.04 Å². The fourth-order valence-electron chi connectivity index (χ4n) is 5.38. The predicted molar refractivity (Wildman–Crippen MR) is 188 cm³/mol. The van der Waals surface area contributed by atoms with Crippen LogP contribution in [0.1, 0.15) is 121 Å². The van der Waals surface area contributed by atoms with E-state index < -0.39 is 0 Å². The van der Waals surface area contributed by atoms with Crippen LogP contribution in [0.4, 0.5) is 0 Å². The summed E-state index contributed by atoms with van der Waals surface area (Å²) in [6.07, 6.45) is 10.3. The second-order valence-corrected chi connectivity index (χ2v) is 10.7. The van der Waals surface area contributed by atoms with Gasteiger partial charge in [-0.3, -0.25) is 9.69 Å². The van der Waals surface area contributed by atoms with Crippen LogP contribution in [-0.2, 0) is 14.3 Å². The number of rotatable bonds is 4. The van der Waals surface area contributed by atoms with Crippen molar-refractivity contribution >= 4 is 5.97 Å². The summed E-state index contributed by atoms with van der Waals surface area (Å²) in [5, 5.41) is 0. The Kier molecular flexibility index (Phi) is 39.9. The lowest BCUT2D eigenvalue weighted by atomic mass is 10.2. The van der Waals surface area contributed by atoms with Gasteiger partial charge in [-0.2, -0.15) is 0 Å². The molecule has 7 heteroatoms. The van der Waals surface area contributed by atoms with Gasteiger partial charge in [0.05, 0.1) is 13.7 Å². The fraction of sp³-hybridized carbons (Fsp3) is 0.971. The first-order valence-corrected chi connectivity index (χ1v) is 17.6. The highest BCUT2D eigenvalue weighted by Gasteiger charge is 2.28. The summed E-state index contributed by atoms with van der Waals surface area (Å²) >= 11 is 0. The SMILES string of the molecule is CC.CC.CC.CC.CC1CCN(C)C1.CCC1CCCN1C.COC(=O)C1CCCN1C.COCC1CCCN1C. The largest absolute Gasteiger partial charge is 0.468 e. The number of likely N-dealkylation sites (tertiary alicyclic amines) is 4. The zero-order chi connectivity index (χ0) is 33.5. The highest BCUT2D eigenvalue weighted by Crippen LogP contribution is 2.17. The highest BCUT2D eigenvalue weighted by atomic mass is 16.5. The standard InChI is InChI=1S/C7H13NO2.C7H15NO.C7H15N.C6H13N.4C2H6/c1-8-5-3-4-6(8)7(9)10-2;1-8-5-3-4-7(8)6-9-2;1-3-7-5-4-6-8(7)2;1-6-3-4-7(2)5-6;4*1-2/h6H,3-5H2,1-2H3;7H,3-6H2,1-2H3;7H,3-6H2,1-2H3;6H,3-5H2,1-2H3;4*1-2H3. The van der Waals surface area contributed by atoms with E-state index in [2.05, 4.69) is 54.4 Å². The predicted octanol–water partition coefficient (Wildman–Crippen LogP) is 7.53. The average molecular weight is 605 g/mol. The van der Waals surface area contributed by atoms with Gasteiger partial charge >= 0.3 is 5.97 Å². The fourth-order valence-corrected chi connectivity index (χ4v) is 5.38. The third-order valence-corrected chi connectivity index (χ3v) is 7.79. The van der Waals surface area contributed by atoms with E-state index in [-0.39, 0.29) is 12.0 Å². The number of ether oxygens (including phenoxy) is 2. The molecule has 7 nitrogen and oxygen atoms in total. The quantitative estimate of drug-likeness (QED) is 0.307. The summed E-state index contributed by atoms with van der Waals surface area (Å²) in [5.74, 6) is 0.852. The van der Waals surface area contributed by atoms with Crippen molar-refractivity contribution in [2.75, 3.05) is 81.7 Å². The molecule has 0 aromatic rings. The molecule has 4 rings (SSSR count). The van der Waals surface area contributed by atoms with Crippen molar-refractivity contribution in [1.29, 1.82) is 0 Å². The third-order valence-electron chi connectivity index (χ3n) is 7.79. The molecule has 4 unspecified atom stereocenters. The van der Waals surface area contributed by atoms with E-state index in [4.69, 9.17) is 4.74 Å². The molecule has 0 aromatic carbocycles. The molecule has 0 bridgehead atoms. The Bertz CT molecular complexity index is 530. The van der Waals surface area contributed by atoms with E-state index in [1.165, 1.54) is 71.8 Å². The van der Waals surface area contributed by atoms with Crippen LogP contribution in [0.2, 0.25) is 0 Å². The minimum absolute atomic E-state index is 0.0185. The minimum atomic E-state index is -0.0972. The van der Waals surface area contributed by atoms with Gasteiger partial charge in [0, 0.05) is 25.7 Å². The number of hydrogen-bond acceptors (Lipinski definition) is 7. The number of esters is 1. The Balaban J connectivity index is -0.000000213. The van der Waals surface area contributed by atoms with E-state index in [1.54, 1.807) is 7.11 Å². The normalized spacial score (nSPS) is 25.0. The smallest absolute Gasteiger partial charge is 0.323 e. The summed E-state index contributed by atoms with van der Waals surface area (Å²) < 4.78 is 9.68. The Hall–Kier alpha value is -0.730. The van der Waals surface area contributed by atoms with E-state index >= 15 is 0 Å². The van der Waals surface area contributed by atoms with Crippen molar-refractivity contribution in [3.05, 3.63) is 0 Å². The Labute approximate surface area is 266 Å². The van der Waals surface area contributed by atoms with Crippen LogP contribution in [0.15, 0.2) is 0 Å². The molecule has 4 saturated heterocycles. The van der Waals surface area contributed by atoms with Crippen LogP contribution in [-0.4, -0.2) is 125 Å². The van der Waals surface area contributed by atoms with Crippen molar-refractivity contribution in [3.63, 3.8) is 0 Å². The minimum Gasteiger partial charge on any atom is -0.468 e. The molecular formula is C35H80N4O3. The molecule has 4 fully saturated rings. The molecule has 0 N–H and O–H groups in total. The molecule has 0 spiro atoms. The van der Waals surface area contributed by atoms with Crippen LogP contribution >= 0.6 is 0 Å². The summed E-state index contributed by atoms with van der Waals surface area (Å²) in [5.41, 5.74) is 0. The van der Waals surface area contributed by atoms with Crippen molar-refractivity contribution < 1.29 is 14.3 Å². The number of likely N-dealkylation sites (N-methyl/N-ethyl adjacent to an activating group) is 2. The van der Waals surface area contributed by atoms with E-state index in [1.807, 2.05) is 67.3 Å². The van der Waals surface area contributed by atoms with E-state index in [0.29, 0.717) is 6.04 Å². The van der Waals surface area contributed by atoms with Gasteiger partial charge in [-0.25, -0.2) is 0 Å². The lowest BCUT2D eigenvalue weighted by molar-refractivity contribution is -0.145. The Morgan fingerprint density at radius 2 is 1.12 bits per heavy atom. The van der Waals surface area contributed by atoms with Gasteiger partial charge in [-0.1, -0.05) is 69.2 Å². The first kappa shape index (κ1) is 48.2. The maximum absolute atomic E-state index is 11.0. The van der Waals surface area contributed by atoms with Gasteiger partial charge in [0.25, 0.3) is 0 Å². The van der Waals surface area contributed by atoms with Gasteiger partial charge in [-0.15, -0.1) is 0 Å². The van der Waals surface area contributed by atoms with E-state index in [9.17, 15) is 4.79 Å². The molecule has 4 atom stereocenters. The first-order valence-electron chi connectivity index (χ1n) is 17.6. The number of methoxy groups -OCH3 is 2. The van der Waals surface area contributed by atoms with Gasteiger partial charge in [-0.05, 0) is 112 Å². The number of nitrogens with zero attached hydrogens (tertiary/aromatic N) is 4. The molecule has 42 heavy (non-hydrogen) atoms. The molecule has 0 amide bonds. The van der Waals surface area contributed by atoms with Gasteiger partial charge in [0.2, 0.25) is 0 Å². The van der Waals surface area contributed by atoms with Crippen molar-refractivity contribution in [3.8, 4) is 0 Å². The zero-order valence-electron chi connectivity index (χ0n) is 31.7. The second kappa shape index (κ2) is 34.8. The second-order valence-electron chi connectivity index (χ2n) is 10.7. The topological polar surface area (TPSA) is 48.5 Å². The molecule has 258 valence electrons. The van der Waals surface area contributed by atoms with E-state index in [0.717, 1.165) is 38.0 Å². The Morgan fingerprint density at radius 3 is 1.36 bits per heavy atom. The molecular weight excluding hydrogens is 524 g/mol. The first-order chi connectivity index (χ1) is 20.2. The Morgan fingerprint density at radius 1 is 0.667 bits per heavy atom. The van der Waals surface area contributed by atoms with Crippen molar-refractivity contribution in [1.82, 2.24) is 19.6 Å². The summed E-state index contributed by atoms with van der Waals surface area (Å²) in [4.78, 5) is 20.2. The van der Waals surface area contributed by atoms with Crippen molar-refractivity contribution in [2.45, 2.75) is 139 Å². The number of hydrogen-bond donors (Lipinski definition) is 0. The van der Waals surface area contributed by atoms with Crippen molar-refractivity contribution in [2.24, 2.45) is 5.92 Å². The van der Waals surface area contributed by atoms with Crippen LogP contribution in [0.3, 0.4) is 0 Å². The average Bonchev–Trinajstić information content (AvgIpc) is 3.84. The zero-order valence-corrected chi connectivity index (χ0v) is 31.7. The van der Waals surface area contributed by atoms with Crippen LogP contribution < -0.4 is 0 Å². The number of carbonyl (C=O) groups is 1. The highest BCUT2D eigenvalue weighted by molar-refractivity contribution is 5.75. The maximum Gasteiger partial charge on any atom is 0.323 e. The lowest BCUT2D eigenvalue weighted by Crippen LogP contribution is -2.33. The van der Waals surface area contributed by atoms with Gasteiger partial charge < -0.3 is 24.2 Å². The summed E-state index contributed by atoms with van der Waals surface area (Å²) in [6.45, 7) is 27.7. The molecule has 0 aliphatic carbocycles. The molecule has 4 aliphatic rings. The molecule has 4 heterocycles. The molecule has 0 saturated carbocycles. The maximum atomic E-state index is 11.0. The van der Waals surface area contributed by atoms with Crippen LogP contribution in [0.25, 0.3) is 0 Å². The van der Waals surface area contributed by atoms with Gasteiger partial charge in [0.15, 0.2) is 0 Å². The van der Waals surface area contributed by atoms with Crippen LogP contribution in [0.5, 0.6) is 0 Å².